The van der Waals surface area contributed by atoms with Crippen molar-refractivity contribution in [3.8, 4) is 17.1 Å². The van der Waals surface area contributed by atoms with Gasteiger partial charge >= 0.3 is 0 Å². The van der Waals surface area contributed by atoms with Gasteiger partial charge in [0, 0.05) is 22.9 Å². The van der Waals surface area contributed by atoms with Crippen LogP contribution in [-0.4, -0.2) is 27.3 Å². The number of fused-ring (bicyclic) bond motifs is 2. The Balaban J connectivity index is 1.58. The lowest BCUT2D eigenvalue weighted by Gasteiger charge is -2.12. The van der Waals surface area contributed by atoms with E-state index in [1.54, 1.807) is 13.2 Å². The minimum absolute atomic E-state index is 0.171. The Morgan fingerprint density at radius 2 is 1.75 bits per heavy atom. The van der Waals surface area contributed by atoms with Crippen LogP contribution in [0.3, 0.4) is 0 Å². The zero-order valence-electron chi connectivity index (χ0n) is 17.6. The number of hydrogen-bond donors (Lipinski definition) is 2. The highest BCUT2D eigenvalue weighted by Gasteiger charge is 2.13. The Kier molecular flexibility index (Phi) is 4.78. The van der Waals surface area contributed by atoms with E-state index in [0.29, 0.717) is 34.3 Å². The maximum Gasteiger partial charge on any atom is 0.272 e. The Morgan fingerprint density at radius 1 is 0.938 bits per heavy atom. The van der Waals surface area contributed by atoms with Crippen molar-refractivity contribution in [3.05, 3.63) is 98.2 Å². The van der Waals surface area contributed by atoms with Crippen LogP contribution < -0.4 is 15.9 Å². The first kappa shape index (κ1) is 19.7. The van der Waals surface area contributed by atoms with E-state index in [4.69, 9.17) is 4.74 Å². The van der Waals surface area contributed by atoms with Gasteiger partial charge in [-0.2, -0.15) is 5.10 Å². The van der Waals surface area contributed by atoms with Crippen molar-refractivity contribution in [3.63, 3.8) is 0 Å². The van der Waals surface area contributed by atoms with Gasteiger partial charge in [-0.3, -0.25) is 9.59 Å². The molecule has 0 saturated carbocycles. The molecular weight excluding hydrogens is 404 g/mol. The molecule has 0 spiro atoms. The summed E-state index contributed by atoms with van der Waals surface area (Å²) in [5.41, 5.74) is 3.54. The lowest BCUT2D eigenvalue weighted by molar-refractivity contribution is 0.410. The van der Waals surface area contributed by atoms with Crippen molar-refractivity contribution in [1.29, 1.82) is 0 Å². The summed E-state index contributed by atoms with van der Waals surface area (Å²) in [7, 11) is 1.60. The van der Waals surface area contributed by atoms with E-state index < -0.39 is 0 Å². The Labute approximate surface area is 182 Å². The third-order valence-corrected chi connectivity index (χ3v) is 5.64. The number of aromatic amines is 2. The van der Waals surface area contributed by atoms with Gasteiger partial charge in [0.2, 0.25) is 0 Å². The molecule has 0 saturated heterocycles. The number of aromatic nitrogens is 4. The van der Waals surface area contributed by atoms with Crippen LogP contribution in [-0.2, 0) is 6.42 Å². The zero-order valence-corrected chi connectivity index (χ0v) is 17.6. The van der Waals surface area contributed by atoms with Crippen LogP contribution >= 0.6 is 0 Å². The zero-order chi connectivity index (χ0) is 22.2. The first-order valence-corrected chi connectivity index (χ1v) is 10.2. The van der Waals surface area contributed by atoms with Crippen LogP contribution in [0.2, 0.25) is 0 Å². The average molecular weight is 424 g/mol. The largest absolute Gasteiger partial charge is 0.496 e. The lowest BCUT2D eigenvalue weighted by Crippen LogP contribution is -2.12. The number of rotatable bonds is 4. The molecule has 0 fully saturated rings. The number of nitrogens with one attached hydrogen (secondary N) is 2. The normalized spacial score (nSPS) is 11.2. The smallest absolute Gasteiger partial charge is 0.272 e. The van der Waals surface area contributed by atoms with E-state index in [1.165, 1.54) is 0 Å². The molecule has 7 heteroatoms. The third-order valence-electron chi connectivity index (χ3n) is 5.64. The fourth-order valence-electron chi connectivity index (χ4n) is 4.02. The Morgan fingerprint density at radius 3 is 2.56 bits per heavy atom. The molecule has 158 valence electrons. The number of hydrogen-bond acceptors (Lipinski definition) is 5. The van der Waals surface area contributed by atoms with Crippen molar-refractivity contribution >= 4 is 21.7 Å². The highest BCUT2D eigenvalue weighted by Crippen LogP contribution is 2.28. The van der Waals surface area contributed by atoms with Crippen LogP contribution in [0.5, 0.6) is 5.75 Å². The van der Waals surface area contributed by atoms with Crippen molar-refractivity contribution in [2.24, 2.45) is 0 Å². The molecule has 0 aliphatic carbocycles. The van der Waals surface area contributed by atoms with Gasteiger partial charge in [0.05, 0.1) is 29.1 Å². The predicted molar refractivity (Wildman–Crippen MR) is 124 cm³/mol. The Hall–Kier alpha value is -4.26. The molecule has 0 radical (unpaired) electrons. The molecule has 0 aliphatic rings. The molecule has 2 aromatic heterocycles. The molecule has 0 unspecified atom stereocenters. The van der Waals surface area contributed by atoms with Gasteiger partial charge < -0.3 is 9.72 Å². The van der Waals surface area contributed by atoms with Gasteiger partial charge in [-0.05, 0) is 30.7 Å². The molecule has 2 N–H and O–H groups in total. The maximum atomic E-state index is 12.6. The maximum absolute atomic E-state index is 12.6. The fraction of sp³-hybridized carbons (Fsp3) is 0.120. The second-order valence-corrected chi connectivity index (χ2v) is 7.63. The number of methoxy groups -OCH3 is 1. The van der Waals surface area contributed by atoms with Crippen LogP contribution in [0.15, 0.2) is 70.3 Å². The SMILES string of the molecule is COc1cc(-c2nc3cccc(C)c3c(=O)[nH]2)ccc1Cc1n[nH]c(=O)c2ccccc12. The molecule has 5 rings (SSSR count). The summed E-state index contributed by atoms with van der Waals surface area (Å²) >= 11 is 0. The lowest BCUT2D eigenvalue weighted by atomic mass is 10.0. The first-order chi connectivity index (χ1) is 15.5. The highest BCUT2D eigenvalue weighted by molar-refractivity contribution is 5.84. The minimum Gasteiger partial charge on any atom is -0.496 e. The fourth-order valence-corrected chi connectivity index (χ4v) is 4.02. The number of H-pyrrole nitrogens is 2. The molecule has 5 aromatic rings. The molecular formula is C25H20N4O3. The summed E-state index contributed by atoms with van der Waals surface area (Å²) in [5.74, 6) is 1.12. The third kappa shape index (κ3) is 3.33. The van der Waals surface area contributed by atoms with Gasteiger partial charge in [0.15, 0.2) is 0 Å². The molecule has 32 heavy (non-hydrogen) atoms. The van der Waals surface area contributed by atoms with Gasteiger partial charge in [0.1, 0.15) is 11.6 Å². The number of ether oxygens (including phenoxy) is 1. The van der Waals surface area contributed by atoms with E-state index >= 15 is 0 Å². The molecule has 0 atom stereocenters. The molecule has 7 nitrogen and oxygen atoms in total. The topological polar surface area (TPSA) is 101 Å². The Bertz CT molecular complexity index is 1600. The highest BCUT2D eigenvalue weighted by atomic mass is 16.5. The van der Waals surface area contributed by atoms with E-state index in [9.17, 15) is 9.59 Å². The van der Waals surface area contributed by atoms with Gasteiger partial charge in [-0.1, -0.05) is 42.5 Å². The molecule has 0 bridgehead atoms. The summed E-state index contributed by atoms with van der Waals surface area (Å²) in [6.45, 7) is 1.89. The van der Waals surface area contributed by atoms with Crippen molar-refractivity contribution in [1.82, 2.24) is 20.2 Å². The predicted octanol–water partition coefficient (Wildman–Crippen LogP) is 3.73. The standard InChI is InChI=1S/C25H20N4O3/c1-14-6-5-9-19-22(14)25(31)27-23(26-19)16-11-10-15(21(13-16)32-2)12-20-17-7-3-4-8-18(17)24(30)29-28-20/h3-11,13H,12H2,1-2H3,(H,29,30)(H,26,27,31). The van der Waals surface area contributed by atoms with Gasteiger partial charge in [-0.25, -0.2) is 10.1 Å². The minimum atomic E-state index is -0.215. The van der Waals surface area contributed by atoms with Crippen molar-refractivity contribution in [2.75, 3.05) is 7.11 Å². The average Bonchev–Trinajstić information content (AvgIpc) is 2.81. The number of benzene rings is 3. The number of aryl methyl sites for hydroxylation is 1. The van der Waals surface area contributed by atoms with E-state index in [-0.39, 0.29) is 11.1 Å². The second kappa shape index (κ2) is 7.77. The van der Waals surface area contributed by atoms with Crippen molar-refractivity contribution < 1.29 is 4.74 Å². The molecule has 3 aromatic carbocycles. The summed E-state index contributed by atoms with van der Waals surface area (Å²) in [6.07, 6.45) is 0.474. The summed E-state index contributed by atoms with van der Waals surface area (Å²) in [4.78, 5) is 32.2. The van der Waals surface area contributed by atoms with E-state index in [2.05, 4.69) is 20.2 Å². The van der Waals surface area contributed by atoms with E-state index in [0.717, 1.165) is 27.8 Å². The summed E-state index contributed by atoms with van der Waals surface area (Å²) < 4.78 is 5.63. The van der Waals surface area contributed by atoms with Crippen LogP contribution in [0.25, 0.3) is 33.1 Å². The van der Waals surface area contributed by atoms with Crippen LogP contribution in [0, 0.1) is 6.92 Å². The van der Waals surface area contributed by atoms with Gasteiger partial charge in [-0.15, -0.1) is 0 Å². The summed E-state index contributed by atoms with van der Waals surface area (Å²) in [6, 6.07) is 18.7. The molecule has 0 aliphatic heterocycles. The number of nitrogens with zero attached hydrogens (tertiary/aromatic N) is 2. The molecule has 2 heterocycles. The first-order valence-electron chi connectivity index (χ1n) is 10.2. The second-order valence-electron chi connectivity index (χ2n) is 7.63. The van der Waals surface area contributed by atoms with Gasteiger partial charge in [0.25, 0.3) is 11.1 Å². The summed E-state index contributed by atoms with van der Waals surface area (Å²) in [5, 5.41) is 8.82. The monoisotopic (exact) mass is 424 g/mol. The quantitative estimate of drug-likeness (QED) is 0.458. The van der Waals surface area contributed by atoms with Crippen LogP contribution in [0.1, 0.15) is 16.8 Å². The molecule has 0 amide bonds. The van der Waals surface area contributed by atoms with E-state index in [1.807, 2.05) is 61.5 Å². The van der Waals surface area contributed by atoms with Crippen LogP contribution in [0.4, 0.5) is 0 Å². The van der Waals surface area contributed by atoms with Crippen molar-refractivity contribution in [2.45, 2.75) is 13.3 Å².